The molecule has 0 N–H and O–H groups in total. The Hall–Kier alpha value is -5.51. The van der Waals surface area contributed by atoms with Crippen LogP contribution in [-0.4, -0.2) is 33.4 Å². The number of benzene rings is 5. The SMILES string of the molecule is CCOC(=O)CCCOc1ccc2c(c1)C(=Cc1sc3cc(-c4c(OC)cccc4OC)ccc3[n+]1C)C=C(Sc1ccccc1)N2Cc1ccccc1. The third-order valence-electron chi connectivity index (χ3n) is 9.23. The monoisotopic (exact) mass is 755 g/mol. The van der Waals surface area contributed by atoms with Crippen LogP contribution in [0.4, 0.5) is 5.69 Å². The smallest absolute Gasteiger partial charge is 0.305 e. The van der Waals surface area contributed by atoms with Crippen molar-refractivity contribution in [2.75, 3.05) is 32.3 Å². The van der Waals surface area contributed by atoms with E-state index in [4.69, 9.17) is 18.9 Å². The lowest BCUT2D eigenvalue weighted by Crippen LogP contribution is -2.29. The van der Waals surface area contributed by atoms with Gasteiger partial charge in [0.15, 0.2) is 0 Å². The lowest BCUT2D eigenvalue weighted by molar-refractivity contribution is -0.642. The summed E-state index contributed by atoms with van der Waals surface area (Å²) in [7, 11) is 5.49. The quantitative estimate of drug-likeness (QED) is 0.0623. The van der Waals surface area contributed by atoms with Gasteiger partial charge in [-0.15, -0.1) is 0 Å². The number of thioether (sulfide) groups is 1. The third-order valence-corrected chi connectivity index (χ3v) is 11.4. The first-order valence-electron chi connectivity index (χ1n) is 18.0. The highest BCUT2D eigenvalue weighted by Gasteiger charge is 2.27. The van der Waals surface area contributed by atoms with Crippen LogP contribution in [0, 0.1) is 0 Å². The zero-order valence-corrected chi connectivity index (χ0v) is 32.5. The van der Waals surface area contributed by atoms with E-state index in [1.165, 1.54) is 5.56 Å². The van der Waals surface area contributed by atoms with E-state index >= 15 is 0 Å². The van der Waals surface area contributed by atoms with Gasteiger partial charge >= 0.3 is 5.97 Å². The number of carbonyl (C=O) groups is 1. The Kier molecular flexibility index (Phi) is 11.7. The zero-order valence-electron chi connectivity index (χ0n) is 30.9. The number of thiazole rings is 1. The Morgan fingerprint density at radius 2 is 1.61 bits per heavy atom. The van der Waals surface area contributed by atoms with Crippen LogP contribution in [0.3, 0.4) is 0 Å². The molecule has 1 aromatic heterocycles. The van der Waals surface area contributed by atoms with Crippen molar-refractivity contribution in [1.82, 2.24) is 0 Å². The number of allylic oxidation sites excluding steroid dienone is 2. The number of aromatic nitrogens is 1. The van der Waals surface area contributed by atoms with Crippen molar-refractivity contribution < 1.29 is 28.3 Å². The van der Waals surface area contributed by atoms with Crippen LogP contribution < -0.4 is 23.7 Å². The molecule has 0 bridgehead atoms. The van der Waals surface area contributed by atoms with Crippen LogP contribution >= 0.6 is 23.1 Å². The van der Waals surface area contributed by atoms with Gasteiger partial charge < -0.3 is 23.8 Å². The average Bonchev–Trinajstić information content (AvgIpc) is 3.51. The first-order chi connectivity index (χ1) is 26.4. The number of fused-ring (bicyclic) bond motifs is 2. The maximum Gasteiger partial charge on any atom is 0.305 e. The van der Waals surface area contributed by atoms with Gasteiger partial charge in [-0.2, -0.15) is 4.57 Å². The zero-order chi connectivity index (χ0) is 37.4. The van der Waals surface area contributed by atoms with Gasteiger partial charge in [-0.1, -0.05) is 77.7 Å². The Bertz CT molecular complexity index is 2300. The topological polar surface area (TPSA) is 61.1 Å². The average molecular weight is 756 g/mol. The summed E-state index contributed by atoms with van der Waals surface area (Å²) in [6, 6.07) is 39.8. The van der Waals surface area contributed by atoms with E-state index < -0.39 is 0 Å². The molecule has 0 atom stereocenters. The van der Waals surface area contributed by atoms with Gasteiger partial charge in [-0.25, -0.2) is 0 Å². The highest BCUT2D eigenvalue weighted by molar-refractivity contribution is 8.03. The molecule has 9 heteroatoms. The number of aryl methyl sites for hydroxylation is 1. The minimum Gasteiger partial charge on any atom is -0.496 e. The van der Waals surface area contributed by atoms with E-state index in [1.807, 2.05) is 37.3 Å². The number of nitrogens with zero attached hydrogens (tertiary/aromatic N) is 2. The van der Waals surface area contributed by atoms with Crippen molar-refractivity contribution >= 4 is 56.6 Å². The van der Waals surface area contributed by atoms with E-state index in [1.54, 1.807) is 37.3 Å². The number of carbonyl (C=O) groups excluding carboxylic acids is 1. The van der Waals surface area contributed by atoms with Crippen LogP contribution in [0.25, 0.3) is 33.0 Å². The second-order valence-electron chi connectivity index (χ2n) is 12.7. The number of hydrogen-bond acceptors (Lipinski definition) is 8. The second-order valence-corrected chi connectivity index (χ2v) is 14.9. The molecule has 7 rings (SSSR count). The van der Waals surface area contributed by atoms with Crippen molar-refractivity contribution in [2.24, 2.45) is 7.05 Å². The Morgan fingerprint density at radius 1 is 0.870 bits per heavy atom. The highest BCUT2D eigenvalue weighted by atomic mass is 32.2. The molecule has 54 heavy (non-hydrogen) atoms. The molecule has 0 unspecified atom stereocenters. The summed E-state index contributed by atoms with van der Waals surface area (Å²) in [6.07, 6.45) is 5.48. The normalized spacial score (nSPS) is 13.1. The molecular weight excluding hydrogens is 713 g/mol. The lowest BCUT2D eigenvalue weighted by atomic mass is 9.98. The summed E-state index contributed by atoms with van der Waals surface area (Å²) in [6.45, 7) is 3.33. The first-order valence-corrected chi connectivity index (χ1v) is 19.6. The van der Waals surface area contributed by atoms with Crippen molar-refractivity contribution in [3.05, 3.63) is 143 Å². The van der Waals surface area contributed by atoms with E-state index in [0.29, 0.717) is 32.6 Å². The summed E-state index contributed by atoms with van der Waals surface area (Å²) in [4.78, 5) is 15.5. The molecule has 0 amide bonds. The van der Waals surface area contributed by atoms with Crippen LogP contribution in [0.5, 0.6) is 17.2 Å². The minimum atomic E-state index is -0.202. The molecule has 1 aliphatic heterocycles. The number of methoxy groups -OCH3 is 2. The fourth-order valence-corrected chi connectivity index (χ4v) is 8.72. The Balaban J connectivity index is 1.32. The summed E-state index contributed by atoms with van der Waals surface area (Å²) in [5.74, 6) is 2.09. The summed E-state index contributed by atoms with van der Waals surface area (Å²) in [5, 5.41) is 2.23. The maximum atomic E-state index is 11.9. The van der Waals surface area contributed by atoms with Gasteiger partial charge in [0.2, 0.25) is 5.52 Å². The molecule has 1 aliphatic rings. The number of hydrogen-bond donors (Lipinski definition) is 0. The van der Waals surface area contributed by atoms with E-state index in [-0.39, 0.29) is 5.97 Å². The van der Waals surface area contributed by atoms with Crippen molar-refractivity contribution in [3.63, 3.8) is 0 Å². The van der Waals surface area contributed by atoms with E-state index in [2.05, 4.69) is 114 Å². The predicted molar refractivity (Wildman–Crippen MR) is 220 cm³/mol. The van der Waals surface area contributed by atoms with Crippen LogP contribution in [0.2, 0.25) is 0 Å². The molecular formula is C45H43N2O5S2+. The summed E-state index contributed by atoms with van der Waals surface area (Å²) >= 11 is 3.50. The highest BCUT2D eigenvalue weighted by Crippen LogP contribution is 2.46. The molecule has 274 valence electrons. The van der Waals surface area contributed by atoms with Crippen molar-refractivity contribution in [2.45, 2.75) is 31.2 Å². The van der Waals surface area contributed by atoms with Gasteiger partial charge in [0.05, 0.1) is 38.0 Å². The van der Waals surface area contributed by atoms with Crippen LogP contribution in [0.1, 0.15) is 35.9 Å². The number of rotatable bonds is 14. The molecule has 2 heterocycles. The standard InChI is InChI=1S/C45H43N2O5S2/c1-5-51-44(48)20-13-25-52-34-22-24-37-36(29-34)33(28-43(53-35-16-10-7-11-17-35)47(37)30-31-14-8-6-9-15-31)27-42-46(2)38-23-21-32(26-41(38)54-42)45-39(49-3)18-12-19-40(45)50-4/h6-12,14-19,21-24,26-29H,5,13,20,25,30H2,1-4H3/q+1. The Labute approximate surface area is 325 Å². The number of esters is 1. The van der Waals surface area contributed by atoms with Crippen molar-refractivity contribution in [3.8, 4) is 28.4 Å². The first kappa shape index (κ1) is 36.8. The molecule has 0 fully saturated rings. The van der Waals surface area contributed by atoms with Gasteiger partial charge in [0.25, 0.3) is 5.01 Å². The van der Waals surface area contributed by atoms with Gasteiger partial charge in [0.1, 0.15) is 29.0 Å². The summed E-state index contributed by atoms with van der Waals surface area (Å²) < 4.78 is 26.2. The molecule has 5 aromatic carbocycles. The predicted octanol–water partition coefficient (Wildman–Crippen LogP) is 10.3. The molecule has 0 saturated heterocycles. The maximum absolute atomic E-state index is 11.9. The molecule has 7 nitrogen and oxygen atoms in total. The number of ether oxygens (including phenoxy) is 4. The summed E-state index contributed by atoms with van der Waals surface area (Å²) in [5.41, 5.74) is 7.56. The molecule has 6 aromatic rings. The fraction of sp³-hybridized carbons (Fsp3) is 0.200. The van der Waals surface area contributed by atoms with Crippen LogP contribution in [-0.2, 0) is 23.1 Å². The van der Waals surface area contributed by atoms with E-state index in [9.17, 15) is 4.79 Å². The molecule has 0 spiro atoms. The minimum absolute atomic E-state index is 0.202. The molecule has 0 radical (unpaired) electrons. The van der Waals surface area contributed by atoms with Gasteiger partial charge in [-0.3, -0.25) is 4.79 Å². The number of anilines is 1. The second kappa shape index (κ2) is 17.1. The van der Waals surface area contributed by atoms with E-state index in [0.717, 1.165) is 70.3 Å². The largest absolute Gasteiger partial charge is 0.496 e. The van der Waals surface area contributed by atoms with Gasteiger partial charge in [-0.05, 0) is 90.7 Å². The van der Waals surface area contributed by atoms with Gasteiger partial charge in [0, 0.05) is 41.3 Å². The Morgan fingerprint density at radius 3 is 2.33 bits per heavy atom. The third kappa shape index (κ3) is 8.17. The fourth-order valence-electron chi connectivity index (χ4n) is 6.58. The molecule has 0 saturated carbocycles. The van der Waals surface area contributed by atoms with Crippen LogP contribution in [0.15, 0.2) is 131 Å². The van der Waals surface area contributed by atoms with Crippen molar-refractivity contribution in [1.29, 1.82) is 0 Å². The lowest BCUT2D eigenvalue weighted by Gasteiger charge is -2.33. The molecule has 0 aliphatic carbocycles.